The lowest BCUT2D eigenvalue weighted by atomic mass is 9.85. The predicted molar refractivity (Wildman–Crippen MR) is 81.4 cm³/mol. The molecule has 1 aliphatic carbocycles. The van der Waals surface area contributed by atoms with Gasteiger partial charge in [-0.05, 0) is 42.5 Å². The van der Waals surface area contributed by atoms with Gasteiger partial charge in [-0.2, -0.15) is 0 Å². The summed E-state index contributed by atoms with van der Waals surface area (Å²) in [5, 5.41) is 2.96. The molecule has 1 fully saturated rings. The highest BCUT2D eigenvalue weighted by Crippen LogP contribution is 2.36. The number of rotatable bonds is 3. The van der Waals surface area contributed by atoms with E-state index in [4.69, 9.17) is 17.3 Å². The molecule has 0 aliphatic heterocycles. The summed E-state index contributed by atoms with van der Waals surface area (Å²) in [7, 11) is 0. The van der Waals surface area contributed by atoms with Crippen molar-refractivity contribution in [1.29, 1.82) is 0 Å². The third-order valence-corrected chi connectivity index (χ3v) is 5.80. The topological polar surface area (TPSA) is 26.0 Å². The Kier molecular flexibility index (Phi) is 4.74. The van der Waals surface area contributed by atoms with Crippen molar-refractivity contribution in [2.75, 3.05) is 0 Å². The second kappa shape index (κ2) is 5.94. The third-order valence-electron chi connectivity index (χ3n) is 4.41. The molecular formula is C15H24ClNS. The van der Waals surface area contributed by atoms with Gasteiger partial charge in [0.2, 0.25) is 0 Å². The van der Waals surface area contributed by atoms with Gasteiger partial charge >= 0.3 is 0 Å². The minimum atomic E-state index is -0.0296. The van der Waals surface area contributed by atoms with Crippen molar-refractivity contribution in [3.8, 4) is 0 Å². The molecule has 1 aromatic rings. The van der Waals surface area contributed by atoms with Gasteiger partial charge in [0.1, 0.15) is 0 Å². The van der Waals surface area contributed by atoms with Gasteiger partial charge in [-0.25, -0.2) is 0 Å². The van der Waals surface area contributed by atoms with Crippen LogP contribution >= 0.6 is 22.9 Å². The van der Waals surface area contributed by atoms with Crippen LogP contribution in [0.25, 0.3) is 0 Å². The fourth-order valence-corrected chi connectivity index (χ4v) is 4.33. The van der Waals surface area contributed by atoms with Gasteiger partial charge in [0.25, 0.3) is 0 Å². The zero-order valence-electron chi connectivity index (χ0n) is 11.4. The Morgan fingerprint density at radius 3 is 2.83 bits per heavy atom. The van der Waals surface area contributed by atoms with E-state index in [1.807, 2.05) is 6.07 Å². The summed E-state index contributed by atoms with van der Waals surface area (Å²) in [6.07, 6.45) is 7.12. The van der Waals surface area contributed by atoms with Gasteiger partial charge in [0.15, 0.2) is 0 Å². The van der Waals surface area contributed by atoms with Crippen LogP contribution in [0.1, 0.15) is 50.8 Å². The van der Waals surface area contributed by atoms with E-state index in [0.29, 0.717) is 0 Å². The van der Waals surface area contributed by atoms with Crippen LogP contribution in [-0.2, 0) is 6.42 Å². The summed E-state index contributed by atoms with van der Waals surface area (Å²) in [5.41, 5.74) is 6.60. The molecule has 2 unspecified atom stereocenters. The Bertz CT molecular complexity index is 388. The summed E-state index contributed by atoms with van der Waals surface area (Å²) in [6, 6.07) is 1.98. The second-order valence-electron chi connectivity index (χ2n) is 6.17. The first-order chi connectivity index (χ1) is 8.50. The molecule has 1 heterocycles. The molecule has 3 heteroatoms. The summed E-state index contributed by atoms with van der Waals surface area (Å²) in [5.74, 6) is 1.65. The second-order valence-corrected chi connectivity index (χ2v) is 7.57. The number of halogens is 1. The maximum Gasteiger partial charge on any atom is 0.0545 e. The van der Waals surface area contributed by atoms with Crippen LogP contribution in [0.2, 0.25) is 5.02 Å². The lowest BCUT2D eigenvalue weighted by Gasteiger charge is -2.28. The summed E-state index contributed by atoms with van der Waals surface area (Å²) >= 11 is 7.94. The zero-order valence-corrected chi connectivity index (χ0v) is 13.0. The van der Waals surface area contributed by atoms with Gasteiger partial charge < -0.3 is 5.73 Å². The first kappa shape index (κ1) is 14.4. The van der Waals surface area contributed by atoms with Crippen molar-refractivity contribution >= 4 is 22.9 Å². The van der Waals surface area contributed by atoms with Crippen LogP contribution in [0, 0.1) is 11.8 Å². The van der Waals surface area contributed by atoms with Crippen molar-refractivity contribution in [3.63, 3.8) is 0 Å². The molecule has 0 saturated heterocycles. The minimum Gasteiger partial charge on any atom is -0.325 e. The van der Waals surface area contributed by atoms with E-state index in [1.165, 1.54) is 24.1 Å². The number of nitrogens with two attached hydrogens (primary N) is 1. The van der Waals surface area contributed by atoms with Crippen LogP contribution < -0.4 is 5.73 Å². The van der Waals surface area contributed by atoms with E-state index in [1.54, 1.807) is 11.3 Å². The highest BCUT2D eigenvalue weighted by molar-refractivity contribution is 7.10. The number of thiophene rings is 1. The van der Waals surface area contributed by atoms with Gasteiger partial charge in [0, 0.05) is 16.8 Å². The predicted octanol–water partition coefficient (Wildman–Crippen LogP) is 4.88. The van der Waals surface area contributed by atoms with Crippen molar-refractivity contribution in [1.82, 2.24) is 0 Å². The summed E-state index contributed by atoms with van der Waals surface area (Å²) in [4.78, 5) is 1.27. The van der Waals surface area contributed by atoms with E-state index in [2.05, 4.69) is 19.2 Å². The molecule has 2 rings (SSSR count). The largest absolute Gasteiger partial charge is 0.325 e. The SMILES string of the molecule is CC(C)C1CCCC(N)(Cc2sccc2Cl)CC1. The van der Waals surface area contributed by atoms with Crippen molar-refractivity contribution in [2.45, 2.75) is 57.9 Å². The molecule has 2 atom stereocenters. The molecule has 18 heavy (non-hydrogen) atoms. The van der Waals surface area contributed by atoms with Crippen LogP contribution in [0.4, 0.5) is 0 Å². The van der Waals surface area contributed by atoms with E-state index >= 15 is 0 Å². The average Bonchev–Trinajstić information content (AvgIpc) is 2.59. The highest BCUT2D eigenvalue weighted by atomic mass is 35.5. The maximum atomic E-state index is 6.63. The Morgan fingerprint density at radius 1 is 1.44 bits per heavy atom. The minimum absolute atomic E-state index is 0.0296. The van der Waals surface area contributed by atoms with E-state index < -0.39 is 0 Å². The maximum absolute atomic E-state index is 6.63. The summed E-state index contributed by atoms with van der Waals surface area (Å²) < 4.78 is 0. The normalized spacial score (nSPS) is 29.5. The highest BCUT2D eigenvalue weighted by Gasteiger charge is 2.31. The number of hydrogen-bond acceptors (Lipinski definition) is 2. The third kappa shape index (κ3) is 3.49. The smallest absolute Gasteiger partial charge is 0.0545 e. The Morgan fingerprint density at radius 2 is 2.22 bits per heavy atom. The van der Waals surface area contributed by atoms with Crippen LogP contribution in [0.15, 0.2) is 11.4 Å². The molecule has 0 bridgehead atoms. The molecule has 102 valence electrons. The van der Waals surface area contributed by atoms with Crippen LogP contribution in [-0.4, -0.2) is 5.54 Å². The van der Waals surface area contributed by atoms with Gasteiger partial charge in [-0.3, -0.25) is 0 Å². The van der Waals surface area contributed by atoms with E-state index in [-0.39, 0.29) is 5.54 Å². The van der Waals surface area contributed by atoms with E-state index in [9.17, 15) is 0 Å². The quantitative estimate of drug-likeness (QED) is 0.787. The zero-order chi connectivity index (χ0) is 13.2. The molecule has 1 aromatic heterocycles. The molecule has 0 radical (unpaired) electrons. The Labute approximate surface area is 120 Å². The lowest BCUT2D eigenvalue weighted by molar-refractivity contribution is 0.322. The van der Waals surface area contributed by atoms with Gasteiger partial charge in [-0.15, -0.1) is 11.3 Å². The van der Waals surface area contributed by atoms with Crippen molar-refractivity contribution in [3.05, 3.63) is 21.3 Å². The van der Waals surface area contributed by atoms with Crippen molar-refractivity contribution in [2.24, 2.45) is 17.6 Å². The molecule has 0 spiro atoms. The number of hydrogen-bond donors (Lipinski definition) is 1. The molecule has 1 nitrogen and oxygen atoms in total. The first-order valence-electron chi connectivity index (χ1n) is 7.01. The Balaban J connectivity index is 2.01. The standard InChI is InChI=1S/C15H24ClNS/c1-11(2)12-4-3-7-15(17,8-5-12)10-14-13(16)6-9-18-14/h6,9,11-12H,3-5,7-8,10,17H2,1-2H3. The van der Waals surface area contributed by atoms with Crippen molar-refractivity contribution < 1.29 is 0 Å². The molecule has 2 N–H and O–H groups in total. The fourth-order valence-electron chi connectivity index (χ4n) is 3.07. The van der Waals surface area contributed by atoms with Crippen LogP contribution in [0.3, 0.4) is 0 Å². The van der Waals surface area contributed by atoms with Gasteiger partial charge in [-0.1, -0.05) is 38.3 Å². The fraction of sp³-hybridized carbons (Fsp3) is 0.733. The molecule has 1 saturated carbocycles. The first-order valence-corrected chi connectivity index (χ1v) is 8.27. The molecule has 0 aromatic carbocycles. The molecule has 1 aliphatic rings. The van der Waals surface area contributed by atoms with E-state index in [0.717, 1.165) is 36.1 Å². The summed E-state index contributed by atoms with van der Waals surface area (Å²) in [6.45, 7) is 4.68. The van der Waals surface area contributed by atoms with Crippen LogP contribution in [0.5, 0.6) is 0 Å². The molecule has 0 amide bonds. The average molecular weight is 286 g/mol. The lowest BCUT2D eigenvalue weighted by Crippen LogP contribution is -2.41. The monoisotopic (exact) mass is 285 g/mol. The molecular weight excluding hydrogens is 262 g/mol. The Hall–Kier alpha value is -0.0500. The van der Waals surface area contributed by atoms with Gasteiger partial charge in [0.05, 0.1) is 5.02 Å².